The van der Waals surface area contributed by atoms with E-state index < -0.39 is 34.4 Å². The van der Waals surface area contributed by atoms with E-state index in [0.29, 0.717) is 31.1 Å². The topological polar surface area (TPSA) is 150 Å². The molecule has 0 spiro atoms. The van der Waals surface area contributed by atoms with Crippen molar-refractivity contribution in [1.29, 1.82) is 0 Å². The summed E-state index contributed by atoms with van der Waals surface area (Å²) in [7, 11) is -5.06. The molecular formula is C13H21N4NaO8S. The molecule has 12 nitrogen and oxygen atoms in total. The van der Waals surface area contributed by atoms with Gasteiger partial charge in [0, 0.05) is 19.7 Å². The zero-order valence-electron chi connectivity index (χ0n) is 15.0. The summed E-state index contributed by atoms with van der Waals surface area (Å²) in [5.74, 6) is -0.523. The molecule has 0 aromatic rings. The third-order valence-corrected chi connectivity index (χ3v) is 4.81. The van der Waals surface area contributed by atoms with Gasteiger partial charge in [0.25, 0.3) is 5.91 Å². The minimum atomic E-state index is -5.06. The molecule has 0 aromatic heterocycles. The number of piperidine rings is 1. The van der Waals surface area contributed by atoms with Gasteiger partial charge in [-0.2, -0.15) is 9.35 Å². The van der Waals surface area contributed by atoms with Crippen molar-refractivity contribution in [2.45, 2.75) is 37.5 Å². The van der Waals surface area contributed by atoms with Crippen molar-refractivity contribution in [3.63, 3.8) is 0 Å². The number of rotatable bonds is 6. The fraction of sp³-hybridized carbons (Fsp3) is 0.846. The van der Waals surface area contributed by atoms with E-state index in [0.717, 1.165) is 13.0 Å². The van der Waals surface area contributed by atoms with Crippen LogP contribution in [-0.4, -0.2) is 85.9 Å². The van der Waals surface area contributed by atoms with Crippen LogP contribution >= 0.6 is 0 Å². The number of hydrogen-bond donors (Lipinski definition) is 2. The Bertz CT molecular complexity index is 642. The molecule has 3 heterocycles. The molecule has 0 aromatic carbocycles. The second-order valence-electron chi connectivity index (χ2n) is 6.32. The van der Waals surface area contributed by atoms with E-state index in [1.807, 2.05) is 0 Å². The van der Waals surface area contributed by atoms with Crippen molar-refractivity contribution < 1.29 is 66.0 Å². The molecule has 3 amide bonds. The summed E-state index contributed by atoms with van der Waals surface area (Å²) in [4.78, 5) is 30.9. The molecular weight excluding hydrogens is 395 g/mol. The molecule has 0 saturated carbocycles. The number of carbonyl (C=O) groups excluding carboxylic acids is 2. The van der Waals surface area contributed by atoms with E-state index >= 15 is 0 Å². The summed E-state index contributed by atoms with van der Waals surface area (Å²) in [6.45, 7) is 2.34. The van der Waals surface area contributed by atoms with Gasteiger partial charge >= 0.3 is 35.6 Å². The molecule has 3 aliphatic heterocycles. The van der Waals surface area contributed by atoms with Crippen LogP contribution in [0.2, 0.25) is 0 Å². The van der Waals surface area contributed by atoms with Crippen molar-refractivity contribution in [2.75, 3.05) is 32.8 Å². The monoisotopic (exact) mass is 416 g/mol. The minimum absolute atomic E-state index is 0. The summed E-state index contributed by atoms with van der Waals surface area (Å²) in [5, 5.41) is 3.71. The SMILES string of the molecule is O=C(NOCC1CNCCCO1)[C@@H]1CC[C@@H]2CN1C(=O)N2OS(=O)(=O)[O-].[Na+]. The molecule has 3 saturated heterocycles. The van der Waals surface area contributed by atoms with Gasteiger partial charge in [0.1, 0.15) is 12.6 Å². The molecule has 0 radical (unpaired) electrons. The van der Waals surface area contributed by atoms with Crippen LogP contribution in [0.3, 0.4) is 0 Å². The molecule has 2 bridgehead atoms. The Morgan fingerprint density at radius 1 is 1.41 bits per heavy atom. The zero-order chi connectivity index (χ0) is 18.7. The molecule has 3 atom stereocenters. The number of hydroxylamine groups is 3. The average Bonchev–Trinajstić information content (AvgIpc) is 2.78. The van der Waals surface area contributed by atoms with Gasteiger partial charge in [-0.1, -0.05) is 0 Å². The molecule has 0 aliphatic carbocycles. The van der Waals surface area contributed by atoms with Gasteiger partial charge in [0.15, 0.2) is 0 Å². The molecule has 27 heavy (non-hydrogen) atoms. The molecule has 148 valence electrons. The summed E-state index contributed by atoms with van der Waals surface area (Å²) >= 11 is 0. The van der Waals surface area contributed by atoms with E-state index in [1.165, 1.54) is 4.90 Å². The van der Waals surface area contributed by atoms with Crippen LogP contribution in [0.1, 0.15) is 19.3 Å². The Hall–Kier alpha value is -0.510. The molecule has 1 unspecified atom stereocenters. The number of fused-ring (bicyclic) bond motifs is 2. The largest absolute Gasteiger partial charge is 1.00 e. The van der Waals surface area contributed by atoms with Gasteiger partial charge < -0.3 is 19.5 Å². The van der Waals surface area contributed by atoms with Crippen molar-refractivity contribution in [3.05, 3.63) is 0 Å². The first-order valence-corrected chi connectivity index (χ1v) is 9.67. The first-order chi connectivity index (χ1) is 12.3. The Labute approximate surface area is 179 Å². The zero-order valence-corrected chi connectivity index (χ0v) is 17.8. The van der Waals surface area contributed by atoms with E-state index in [2.05, 4.69) is 15.1 Å². The van der Waals surface area contributed by atoms with Gasteiger partial charge in [-0.15, -0.1) is 0 Å². The standard InChI is InChI=1S/C13H22N4O8S.Na/c18-12(15-24-8-10-6-14-4-1-5-23-10)11-3-2-9-7-16(11)13(19)17(9)25-26(20,21)22;/h9-11,14H,1-8H2,(H,15,18)(H,20,21,22);/q;+1/p-1/t9-,10?,11+;/m1./s1. The molecule has 3 fully saturated rings. The predicted molar refractivity (Wildman–Crippen MR) is 82.9 cm³/mol. The first-order valence-electron chi connectivity index (χ1n) is 8.34. The quantitative estimate of drug-likeness (QED) is 0.188. The Morgan fingerprint density at radius 3 is 2.93 bits per heavy atom. The van der Waals surface area contributed by atoms with Gasteiger partial charge in [-0.3, -0.25) is 9.63 Å². The predicted octanol–water partition coefficient (Wildman–Crippen LogP) is -4.92. The summed E-state index contributed by atoms with van der Waals surface area (Å²) in [5.41, 5.74) is 2.31. The molecule has 3 rings (SSSR count). The average molecular weight is 416 g/mol. The van der Waals surface area contributed by atoms with Gasteiger partial charge in [0.05, 0.1) is 12.1 Å². The first kappa shape index (κ1) is 22.8. The van der Waals surface area contributed by atoms with Crippen LogP contribution in [0.4, 0.5) is 4.79 Å². The number of hydrogen-bond acceptors (Lipinski definition) is 9. The summed E-state index contributed by atoms with van der Waals surface area (Å²) in [6, 6.07) is -2.24. The second-order valence-corrected chi connectivity index (χ2v) is 7.28. The van der Waals surface area contributed by atoms with E-state index in [1.54, 1.807) is 0 Å². The molecule has 2 N–H and O–H groups in total. The second kappa shape index (κ2) is 9.80. The van der Waals surface area contributed by atoms with Crippen molar-refractivity contribution >= 4 is 22.3 Å². The molecule has 3 aliphatic rings. The normalized spacial score (nSPS) is 28.5. The van der Waals surface area contributed by atoms with E-state index in [4.69, 9.17) is 9.57 Å². The smallest absolute Gasteiger partial charge is 0.724 e. The maximum Gasteiger partial charge on any atom is 1.00 e. The van der Waals surface area contributed by atoms with Crippen molar-refractivity contribution in [1.82, 2.24) is 20.8 Å². The van der Waals surface area contributed by atoms with Gasteiger partial charge in [-0.25, -0.2) is 18.7 Å². The van der Waals surface area contributed by atoms with Crippen LogP contribution in [0.15, 0.2) is 0 Å². The number of urea groups is 1. The van der Waals surface area contributed by atoms with E-state index in [-0.39, 0.29) is 48.8 Å². The number of amides is 3. The third-order valence-electron chi connectivity index (χ3n) is 4.46. The van der Waals surface area contributed by atoms with Crippen LogP contribution < -0.4 is 40.4 Å². The van der Waals surface area contributed by atoms with Gasteiger partial charge in [-0.05, 0) is 25.8 Å². The Morgan fingerprint density at radius 2 is 2.19 bits per heavy atom. The maximum atomic E-state index is 12.3. The maximum absolute atomic E-state index is 12.3. The van der Waals surface area contributed by atoms with Crippen LogP contribution in [0, 0.1) is 0 Å². The summed E-state index contributed by atoms with van der Waals surface area (Å²) < 4.78 is 42.0. The van der Waals surface area contributed by atoms with Gasteiger partial charge in [0.2, 0.25) is 10.4 Å². The van der Waals surface area contributed by atoms with Crippen LogP contribution in [0.25, 0.3) is 0 Å². The molecule has 14 heteroatoms. The number of nitrogens with one attached hydrogen (secondary N) is 2. The van der Waals surface area contributed by atoms with Crippen molar-refractivity contribution in [3.8, 4) is 0 Å². The van der Waals surface area contributed by atoms with Crippen LogP contribution in [0.5, 0.6) is 0 Å². The fourth-order valence-electron chi connectivity index (χ4n) is 3.25. The summed E-state index contributed by atoms with van der Waals surface area (Å²) in [6.07, 6.45) is 1.34. The van der Waals surface area contributed by atoms with Crippen LogP contribution in [-0.2, 0) is 29.1 Å². The Balaban J connectivity index is 0.00000261. The number of carbonyl (C=O) groups is 2. The fourth-order valence-corrected chi connectivity index (χ4v) is 3.63. The Kier molecular flexibility index (Phi) is 8.27. The number of nitrogens with zero attached hydrogens (tertiary/aromatic N) is 2. The number of ether oxygens (including phenoxy) is 1. The van der Waals surface area contributed by atoms with Crippen molar-refractivity contribution in [2.24, 2.45) is 0 Å². The minimum Gasteiger partial charge on any atom is -0.724 e. The third kappa shape index (κ3) is 5.98. The van der Waals surface area contributed by atoms with E-state index in [9.17, 15) is 22.6 Å².